The monoisotopic (exact) mass is 252 g/mol. The lowest BCUT2D eigenvalue weighted by atomic mass is 13.8. The highest BCUT2D eigenvalue weighted by molar-refractivity contribution is 8.76. The van der Waals surface area contributed by atoms with Gasteiger partial charge in [-0.05, 0) is 0 Å². The van der Waals surface area contributed by atoms with Crippen molar-refractivity contribution in [2.45, 2.75) is 0 Å². The average molecular weight is 252 g/mol. The number of hydrogen-bond donors (Lipinski definition) is 6. The summed E-state index contributed by atoms with van der Waals surface area (Å²) in [5.41, 5.74) is 19.7. The highest BCUT2D eigenvalue weighted by atomic mass is 33.1. The minimum Gasteiger partial charge on any atom is -0.271 e. The topological polar surface area (TPSA) is 162 Å². The first-order valence-electron chi connectivity index (χ1n) is 2.42. The van der Waals surface area contributed by atoms with Crippen LogP contribution in [0.3, 0.4) is 0 Å². The van der Waals surface area contributed by atoms with Crippen LogP contribution in [0.15, 0.2) is 0 Å². The van der Waals surface area contributed by atoms with Gasteiger partial charge in [0, 0.05) is 22.0 Å². The van der Waals surface area contributed by atoms with Crippen LogP contribution >= 0.6 is 37.1 Å². The fourth-order valence-electron chi connectivity index (χ4n) is 0.154. The molecule has 0 aliphatic carbocycles. The molecule has 8 nitrogen and oxygen atoms in total. The Morgan fingerprint density at radius 3 is 1.25 bits per heavy atom. The van der Waals surface area contributed by atoms with E-state index in [1.807, 2.05) is 0 Å². The molecule has 12 heteroatoms. The van der Waals surface area contributed by atoms with Crippen LogP contribution in [0.1, 0.15) is 0 Å². The standard InChI is InChI=1S/H10N6O2P2S2/c1-9(2,7)5-11-12-6-10(3,4)8/h(H5,1,2,5,7)(H5,3,4,6,8). The molecule has 0 atom stereocenters. The van der Waals surface area contributed by atoms with Crippen LogP contribution in [0, 0.1) is 0 Å². The highest BCUT2D eigenvalue weighted by Gasteiger charge is 2.10. The van der Waals surface area contributed by atoms with Gasteiger partial charge < -0.3 is 0 Å². The van der Waals surface area contributed by atoms with Gasteiger partial charge in [0.1, 0.15) is 0 Å². The summed E-state index contributed by atoms with van der Waals surface area (Å²) in [7, 11) is -4.94. The first-order valence-corrected chi connectivity index (χ1v) is 8.26. The third kappa shape index (κ3) is 10.9. The van der Waals surface area contributed by atoms with Gasteiger partial charge in [0.25, 0.3) is 15.2 Å². The largest absolute Gasteiger partial charge is 0.283 e. The summed E-state index contributed by atoms with van der Waals surface area (Å²) in [5, 5.41) is 0. The van der Waals surface area contributed by atoms with E-state index in [9.17, 15) is 9.13 Å². The van der Waals surface area contributed by atoms with Crippen molar-refractivity contribution in [2.24, 2.45) is 22.0 Å². The fourth-order valence-corrected chi connectivity index (χ4v) is 4.15. The molecule has 0 unspecified atom stereocenters. The first kappa shape index (κ1) is 12.9. The second kappa shape index (κ2) is 4.97. The summed E-state index contributed by atoms with van der Waals surface area (Å²) in [5.74, 6) is 0. The third-order valence-electron chi connectivity index (χ3n) is 0.402. The van der Waals surface area contributed by atoms with Crippen molar-refractivity contribution in [2.75, 3.05) is 0 Å². The molecule has 0 aliphatic rings. The number of nitrogens with one attached hydrogen (secondary N) is 2. The predicted octanol–water partition coefficient (Wildman–Crippen LogP) is -0.572. The van der Waals surface area contributed by atoms with Gasteiger partial charge in [-0.15, -0.1) is 0 Å². The van der Waals surface area contributed by atoms with Gasteiger partial charge in [-0.2, -0.15) is 8.99 Å². The van der Waals surface area contributed by atoms with Gasteiger partial charge in [-0.1, -0.05) is 0 Å². The van der Waals surface area contributed by atoms with E-state index in [2.05, 4.69) is 8.99 Å². The Labute approximate surface area is 77.7 Å². The van der Waals surface area contributed by atoms with E-state index in [4.69, 9.17) is 22.0 Å². The van der Waals surface area contributed by atoms with Crippen LogP contribution < -0.4 is 31.0 Å². The maximum atomic E-state index is 10.6. The lowest BCUT2D eigenvalue weighted by Crippen LogP contribution is -2.18. The minimum atomic E-state index is -3.27. The van der Waals surface area contributed by atoms with Crippen LogP contribution in [-0.4, -0.2) is 0 Å². The zero-order chi connectivity index (χ0) is 9.83. The zero-order valence-electron chi connectivity index (χ0n) is 5.84. The summed E-state index contributed by atoms with van der Waals surface area (Å²) in [4.78, 5) is 0. The molecule has 0 heterocycles. The molecule has 0 bridgehead atoms. The maximum absolute atomic E-state index is 10.6. The van der Waals surface area contributed by atoms with Gasteiger partial charge in [0.05, 0.1) is 0 Å². The molecule has 12 heavy (non-hydrogen) atoms. The van der Waals surface area contributed by atoms with Gasteiger partial charge in [-0.25, -0.2) is 0 Å². The molecule has 0 aromatic heterocycles. The molecule has 0 amide bonds. The minimum absolute atomic E-state index is 0.797. The number of hydrogen-bond acceptors (Lipinski definition) is 4. The van der Waals surface area contributed by atoms with Crippen LogP contribution in [0.25, 0.3) is 0 Å². The number of rotatable bonds is 5. The molecular formula is H10N6O2P2S2. The van der Waals surface area contributed by atoms with Crippen LogP contribution in [-0.2, 0) is 9.13 Å². The van der Waals surface area contributed by atoms with Gasteiger partial charge in [-0.3, -0.25) is 31.1 Å². The fraction of sp³-hybridized carbons (Fsp3) is 0. The van der Waals surface area contributed by atoms with Crippen molar-refractivity contribution in [3.05, 3.63) is 0 Å². The Balaban J connectivity index is 3.48. The van der Waals surface area contributed by atoms with Crippen molar-refractivity contribution < 1.29 is 9.13 Å². The van der Waals surface area contributed by atoms with Crippen molar-refractivity contribution in [1.29, 1.82) is 0 Å². The van der Waals surface area contributed by atoms with Crippen LogP contribution in [0.4, 0.5) is 0 Å². The summed E-state index contributed by atoms with van der Waals surface area (Å²) in [6.07, 6.45) is 0. The van der Waals surface area contributed by atoms with E-state index in [1.165, 1.54) is 0 Å². The Hall–Kier alpha value is 0.920. The van der Waals surface area contributed by atoms with Gasteiger partial charge >= 0.3 is 0 Å². The van der Waals surface area contributed by atoms with Crippen LogP contribution in [0.5, 0.6) is 0 Å². The molecule has 0 saturated carbocycles. The molecule has 0 fully saturated rings. The van der Waals surface area contributed by atoms with Crippen molar-refractivity contribution in [3.8, 4) is 0 Å². The van der Waals surface area contributed by atoms with E-state index in [-0.39, 0.29) is 0 Å². The second-order valence-corrected chi connectivity index (χ2v) is 7.40. The molecule has 0 radical (unpaired) electrons. The lowest BCUT2D eigenvalue weighted by molar-refractivity contribution is 0.574. The predicted molar refractivity (Wildman–Crippen MR) is 53.4 cm³/mol. The maximum Gasteiger partial charge on any atom is 0.283 e. The zero-order valence-corrected chi connectivity index (χ0v) is 9.26. The Morgan fingerprint density at radius 2 is 1.08 bits per heavy atom. The quantitative estimate of drug-likeness (QED) is 0.161. The molecule has 0 spiro atoms. The molecule has 0 aromatic carbocycles. The van der Waals surface area contributed by atoms with Gasteiger partial charge in [0.15, 0.2) is 0 Å². The lowest BCUT2D eigenvalue weighted by Gasteiger charge is -2.08. The third-order valence-corrected chi connectivity index (χ3v) is 4.96. The molecule has 0 aromatic rings. The Morgan fingerprint density at radius 1 is 0.833 bits per heavy atom. The smallest absolute Gasteiger partial charge is 0.271 e. The summed E-state index contributed by atoms with van der Waals surface area (Å²) < 4.78 is 25.6. The van der Waals surface area contributed by atoms with E-state index in [0.29, 0.717) is 0 Å². The first-order chi connectivity index (χ1) is 5.21. The van der Waals surface area contributed by atoms with E-state index < -0.39 is 15.2 Å². The molecule has 10 N–H and O–H groups in total. The number of nitrogens with two attached hydrogens (primary N) is 4. The average Bonchev–Trinajstić information content (AvgIpc) is 1.76. The van der Waals surface area contributed by atoms with Crippen molar-refractivity contribution in [1.82, 2.24) is 8.99 Å². The molecule has 0 aliphatic heterocycles. The summed E-state index contributed by atoms with van der Waals surface area (Å²) in [6.45, 7) is 0. The van der Waals surface area contributed by atoms with Crippen molar-refractivity contribution in [3.63, 3.8) is 0 Å². The highest BCUT2D eigenvalue weighted by Crippen LogP contribution is 2.32. The molecular weight excluding hydrogens is 242 g/mol. The Kier molecular flexibility index (Phi) is 5.35. The van der Waals surface area contributed by atoms with E-state index in [1.54, 1.807) is 0 Å². The van der Waals surface area contributed by atoms with E-state index >= 15 is 0 Å². The van der Waals surface area contributed by atoms with Crippen LogP contribution in [0.2, 0.25) is 0 Å². The van der Waals surface area contributed by atoms with E-state index in [0.717, 1.165) is 22.0 Å². The SMILES string of the molecule is NP(N)(=O)NSSNP(N)(N)=O. The Bertz CT molecular complexity index is 194. The summed E-state index contributed by atoms with van der Waals surface area (Å²) >= 11 is 0. The normalized spacial score (nSPS) is 13.3. The van der Waals surface area contributed by atoms with Gasteiger partial charge in [0.2, 0.25) is 0 Å². The molecule has 0 saturated heterocycles. The molecule has 0 rings (SSSR count). The van der Waals surface area contributed by atoms with Crippen molar-refractivity contribution >= 4 is 37.1 Å². The summed E-state index contributed by atoms with van der Waals surface area (Å²) in [6, 6.07) is 0. The second-order valence-electron chi connectivity index (χ2n) is 1.77. The molecule has 74 valence electrons.